The first-order valence-corrected chi connectivity index (χ1v) is 8.70. The molecule has 2 aromatic heterocycles. The molecule has 0 saturated carbocycles. The summed E-state index contributed by atoms with van der Waals surface area (Å²) in [7, 11) is 0. The fraction of sp³-hybridized carbons (Fsp3) is 0.600. The van der Waals surface area contributed by atoms with Crippen molar-refractivity contribution in [2.75, 3.05) is 31.1 Å². The molecule has 1 atom stereocenters. The third-order valence-electron chi connectivity index (χ3n) is 4.30. The van der Waals surface area contributed by atoms with Gasteiger partial charge >= 0.3 is 0 Å². The Bertz CT molecular complexity index is 634. The smallest absolute Gasteiger partial charge is 0.225 e. The number of piperazine rings is 1. The molecule has 0 N–H and O–H groups in total. The van der Waals surface area contributed by atoms with Crippen LogP contribution in [0.15, 0.2) is 6.07 Å². The summed E-state index contributed by atoms with van der Waals surface area (Å²) >= 11 is 7.78. The number of aryl methyl sites for hydroxylation is 1. The quantitative estimate of drug-likeness (QED) is 0.808. The lowest BCUT2D eigenvalue weighted by atomic mass is 10.2. The minimum atomic E-state index is 0.351. The second kappa shape index (κ2) is 6.07. The molecule has 0 spiro atoms. The Morgan fingerprint density at radius 3 is 2.67 bits per heavy atom. The zero-order chi connectivity index (χ0) is 15.0. The Morgan fingerprint density at radius 1 is 1.29 bits per heavy atom. The molecule has 2 aromatic rings. The third kappa shape index (κ3) is 3.00. The maximum Gasteiger partial charge on any atom is 0.225 e. The molecule has 3 rings (SSSR count). The lowest BCUT2D eigenvalue weighted by molar-refractivity contribution is 0.192. The van der Waals surface area contributed by atoms with Crippen LogP contribution >= 0.6 is 22.9 Å². The van der Waals surface area contributed by atoms with Crippen LogP contribution in [0.4, 0.5) is 5.82 Å². The topological polar surface area (TPSA) is 32.3 Å². The Balaban J connectivity index is 1.85. The number of hydrogen-bond donors (Lipinski definition) is 0. The van der Waals surface area contributed by atoms with Crippen molar-refractivity contribution in [2.45, 2.75) is 33.2 Å². The van der Waals surface area contributed by atoms with Crippen molar-refractivity contribution in [3.63, 3.8) is 0 Å². The van der Waals surface area contributed by atoms with E-state index in [1.807, 2.05) is 0 Å². The first-order valence-electron chi connectivity index (χ1n) is 7.51. The largest absolute Gasteiger partial charge is 0.353 e. The van der Waals surface area contributed by atoms with E-state index in [1.54, 1.807) is 11.3 Å². The van der Waals surface area contributed by atoms with E-state index in [9.17, 15) is 0 Å². The van der Waals surface area contributed by atoms with E-state index in [4.69, 9.17) is 11.6 Å². The molecule has 1 fully saturated rings. The van der Waals surface area contributed by atoms with Crippen LogP contribution in [0.25, 0.3) is 10.2 Å². The molecule has 0 aromatic carbocycles. The van der Waals surface area contributed by atoms with E-state index in [-0.39, 0.29) is 0 Å². The van der Waals surface area contributed by atoms with Gasteiger partial charge in [-0.05, 0) is 37.9 Å². The van der Waals surface area contributed by atoms with Gasteiger partial charge in [0.1, 0.15) is 10.6 Å². The molecule has 1 aliphatic rings. The van der Waals surface area contributed by atoms with Crippen LogP contribution in [-0.2, 0) is 0 Å². The van der Waals surface area contributed by atoms with Gasteiger partial charge in [-0.2, -0.15) is 4.98 Å². The molecule has 0 bridgehead atoms. The van der Waals surface area contributed by atoms with Gasteiger partial charge in [0.25, 0.3) is 0 Å². The second-order valence-electron chi connectivity index (χ2n) is 5.67. The maximum atomic E-state index is 6.10. The molecule has 0 radical (unpaired) electrons. The number of aromatic nitrogens is 2. The van der Waals surface area contributed by atoms with Crippen LogP contribution in [0.5, 0.6) is 0 Å². The summed E-state index contributed by atoms with van der Waals surface area (Å²) in [4.78, 5) is 16.0. The van der Waals surface area contributed by atoms with E-state index >= 15 is 0 Å². The Morgan fingerprint density at radius 2 is 2.00 bits per heavy atom. The molecular weight excluding hydrogens is 304 g/mol. The number of fused-ring (bicyclic) bond motifs is 1. The van der Waals surface area contributed by atoms with Gasteiger partial charge in [0.05, 0.1) is 5.39 Å². The number of halogens is 1. The number of hydrogen-bond acceptors (Lipinski definition) is 5. The molecule has 0 aliphatic carbocycles. The van der Waals surface area contributed by atoms with E-state index in [0.29, 0.717) is 11.3 Å². The predicted molar refractivity (Wildman–Crippen MR) is 90.7 cm³/mol. The van der Waals surface area contributed by atoms with Crippen molar-refractivity contribution in [3.05, 3.63) is 16.2 Å². The highest BCUT2D eigenvalue weighted by Crippen LogP contribution is 2.32. The van der Waals surface area contributed by atoms with Crippen molar-refractivity contribution in [2.24, 2.45) is 0 Å². The van der Waals surface area contributed by atoms with Gasteiger partial charge in [-0.3, -0.25) is 4.90 Å². The van der Waals surface area contributed by atoms with Gasteiger partial charge in [-0.25, -0.2) is 4.98 Å². The van der Waals surface area contributed by atoms with Gasteiger partial charge in [-0.1, -0.05) is 6.92 Å². The SMILES string of the molecule is CCC(C)N1CCN(c2nc(Cl)nc3sc(C)cc23)CC1. The molecule has 21 heavy (non-hydrogen) atoms. The van der Waals surface area contributed by atoms with E-state index in [1.165, 1.54) is 11.3 Å². The highest BCUT2D eigenvalue weighted by Gasteiger charge is 2.23. The second-order valence-corrected chi connectivity index (χ2v) is 7.25. The number of rotatable bonds is 3. The van der Waals surface area contributed by atoms with Crippen LogP contribution in [0.2, 0.25) is 5.28 Å². The van der Waals surface area contributed by atoms with Crippen molar-refractivity contribution >= 4 is 39.0 Å². The zero-order valence-electron chi connectivity index (χ0n) is 12.8. The Labute approximate surface area is 134 Å². The number of thiophene rings is 1. The fourth-order valence-corrected chi connectivity index (χ4v) is 3.96. The molecule has 6 heteroatoms. The van der Waals surface area contributed by atoms with Gasteiger partial charge in [0, 0.05) is 37.1 Å². The van der Waals surface area contributed by atoms with E-state index in [0.717, 1.165) is 42.2 Å². The van der Waals surface area contributed by atoms with Crippen molar-refractivity contribution in [1.82, 2.24) is 14.9 Å². The number of anilines is 1. The molecule has 1 saturated heterocycles. The summed E-state index contributed by atoms with van der Waals surface area (Å²) in [6.45, 7) is 10.8. The average molecular weight is 325 g/mol. The molecule has 1 unspecified atom stereocenters. The molecule has 1 aliphatic heterocycles. The van der Waals surface area contributed by atoms with Crippen molar-refractivity contribution < 1.29 is 0 Å². The van der Waals surface area contributed by atoms with E-state index < -0.39 is 0 Å². The first kappa shape index (κ1) is 15.0. The third-order valence-corrected chi connectivity index (χ3v) is 5.41. The van der Waals surface area contributed by atoms with Gasteiger partial charge < -0.3 is 4.90 Å². The molecule has 0 amide bonds. The Hall–Kier alpha value is -0.910. The minimum absolute atomic E-state index is 0.351. The summed E-state index contributed by atoms with van der Waals surface area (Å²) < 4.78 is 0. The van der Waals surface area contributed by atoms with Crippen LogP contribution in [0.3, 0.4) is 0 Å². The van der Waals surface area contributed by atoms with Crippen LogP contribution in [0.1, 0.15) is 25.1 Å². The molecule has 4 nitrogen and oxygen atoms in total. The lowest BCUT2D eigenvalue weighted by Gasteiger charge is -2.38. The number of nitrogens with zero attached hydrogens (tertiary/aromatic N) is 4. The van der Waals surface area contributed by atoms with E-state index in [2.05, 4.69) is 46.6 Å². The van der Waals surface area contributed by atoms with Crippen LogP contribution < -0.4 is 4.90 Å². The first-order chi connectivity index (χ1) is 10.1. The fourth-order valence-electron chi connectivity index (χ4n) is 2.88. The van der Waals surface area contributed by atoms with Crippen molar-refractivity contribution in [3.8, 4) is 0 Å². The summed E-state index contributed by atoms with van der Waals surface area (Å²) in [6.07, 6.45) is 1.20. The summed E-state index contributed by atoms with van der Waals surface area (Å²) in [6, 6.07) is 2.83. The summed E-state index contributed by atoms with van der Waals surface area (Å²) in [5.41, 5.74) is 0. The van der Waals surface area contributed by atoms with Crippen LogP contribution in [-0.4, -0.2) is 47.1 Å². The maximum absolute atomic E-state index is 6.10. The molecule has 114 valence electrons. The minimum Gasteiger partial charge on any atom is -0.353 e. The molecule has 3 heterocycles. The monoisotopic (exact) mass is 324 g/mol. The highest BCUT2D eigenvalue weighted by molar-refractivity contribution is 7.18. The predicted octanol–water partition coefficient (Wildman–Crippen LogP) is 3.57. The lowest BCUT2D eigenvalue weighted by Crippen LogP contribution is -2.49. The summed E-state index contributed by atoms with van der Waals surface area (Å²) in [5, 5.41) is 1.49. The van der Waals surface area contributed by atoms with Gasteiger partial charge in [-0.15, -0.1) is 11.3 Å². The molecular formula is C15H21ClN4S. The van der Waals surface area contributed by atoms with Crippen LogP contribution in [0, 0.1) is 6.92 Å². The normalized spacial score (nSPS) is 18.4. The van der Waals surface area contributed by atoms with Gasteiger partial charge in [0.15, 0.2) is 0 Å². The van der Waals surface area contributed by atoms with Crippen molar-refractivity contribution in [1.29, 1.82) is 0 Å². The highest BCUT2D eigenvalue weighted by atomic mass is 35.5. The Kier molecular flexibility index (Phi) is 4.33. The average Bonchev–Trinajstić information content (AvgIpc) is 2.85. The zero-order valence-corrected chi connectivity index (χ0v) is 14.3. The van der Waals surface area contributed by atoms with Gasteiger partial charge in [0.2, 0.25) is 5.28 Å². The summed E-state index contributed by atoms with van der Waals surface area (Å²) in [5.74, 6) is 0.998. The standard InChI is InChI=1S/C15H21ClN4S/c1-4-10(2)19-5-7-20(8-6-19)13-12-9-11(3)21-14(12)18-15(16)17-13/h9-10H,4-8H2,1-3H3.